The van der Waals surface area contributed by atoms with E-state index in [0.717, 1.165) is 16.8 Å². The third kappa shape index (κ3) is 3.27. The number of aryl methyl sites for hydroxylation is 2. The number of hydrogen-bond donors (Lipinski definition) is 1. The van der Waals surface area contributed by atoms with Crippen LogP contribution in [0.15, 0.2) is 41.2 Å². The molecule has 1 aliphatic heterocycles. The van der Waals surface area contributed by atoms with Gasteiger partial charge >= 0.3 is 0 Å². The van der Waals surface area contributed by atoms with Gasteiger partial charge in [-0.15, -0.1) is 11.8 Å². The molecule has 23 heavy (non-hydrogen) atoms. The molecule has 6 heteroatoms. The van der Waals surface area contributed by atoms with E-state index in [-0.39, 0.29) is 11.8 Å². The third-order valence-corrected chi connectivity index (χ3v) is 4.87. The molecule has 120 valence electrons. The normalized spacial score (nSPS) is 17.3. The first kappa shape index (κ1) is 15.7. The summed E-state index contributed by atoms with van der Waals surface area (Å²) in [6.45, 7) is 3.97. The zero-order chi connectivity index (χ0) is 16.4. The zero-order valence-corrected chi connectivity index (χ0v) is 13.9. The molecule has 5 nitrogen and oxygen atoms in total. The van der Waals surface area contributed by atoms with E-state index in [1.165, 1.54) is 12.5 Å². The van der Waals surface area contributed by atoms with E-state index in [4.69, 9.17) is 4.42 Å². The number of nitrogens with one attached hydrogen (secondary N) is 1. The molecule has 1 fully saturated rings. The lowest BCUT2D eigenvalue weighted by molar-refractivity contribution is -0.119. The quantitative estimate of drug-likeness (QED) is 0.939. The molecule has 0 aliphatic carbocycles. The van der Waals surface area contributed by atoms with Crippen LogP contribution in [0.25, 0.3) is 0 Å². The highest BCUT2D eigenvalue weighted by Gasteiger charge is 2.35. The minimum absolute atomic E-state index is 0.154. The van der Waals surface area contributed by atoms with Gasteiger partial charge in [-0.3, -0.25) is 9.59 Å². The van der Waals surface area contributed by atoms with Crippen molar-refractivity contribution < 1.29 is 14.0 Å². The first-order chi connectivity index (χ1) is 11.1. The number of carbonyl (C=O) groups excluding carboxylic acids is 2. The second-order valence-electron chi connectivity index (χ2n) is 5.61. The van der Waals surface area contributed by atoms with Crippen LogP contribution < -0.4 is 5.32 Å². The molecule has 1 saturated heterocycles. The van der Waals surface area contributed by atoms with E-state index < -0.39 is 6.04 Å². The average Bonchev–Trinajstić information content (AvgIpc) is 3.20. The number of amides is 2. The number of thioether (sulfide) groups is 1. The van der Waals surface area contributed by atoms with E-state index in [0.29, 0.717) is 17.2 Å². The summed E-state index contributed by atoms with van der Waals surface area (Å²) in [7, 11) is 0. The van der Waals surface area contributed by atoms with Crippen molar-refractivity contribution >= 4 is 29.3 Å². The molecule has 2 heterocycles. The number of rotatable bonds is 3. The fourth-order valence-corrected chi connectivity index (χ4v) is 3.74. The second kappa shape index (κ2) is 6.50. The summed E-state index contributed by atoms with van der Waals surface area (Å²) >= 11 is 1.58. The molecular formula is C17H18N2O3S. The summed E-state index contributed by atoms with van der Waals surface area (Å²) < 4.78 is 4.96. The van der Waals surface area contributed by atoms with E-state index in [9.17, 15) is 9.59 Å². The Morgan fingerprint density at radius 2 is 2.13 bits per heavy atom. The third-order valence-electron chi connectivity index (χ3n) is 3.85. The number of furan rings is 1. The predicted molar refractivity (Wildman–Crippen MR) is 90.5 cm³/mol. The first-order valence-electron chi connectivity index (χ1n) is 7.35. The predicted octanol–water partition coefficient (Wildman–Crippen LogP) is 3.05. The van der Waals surface area contributed by atoms with Gasteiger partial charge in [0, 0.05) is 11.4 Å². The molecule has 3 rings (SSSR count). The second-order valence-corrected chi connectivity index (χ2v) is 6.61. The summed E-state index contributed by atoms with van der Waals surface area (Å²) in [4.78, 5) is 26.6. The standard InChI is InChI=1S/C17H18N2O3S/c1-11-3-4-14(12(2)7-11)18-16(20)15-9-23-10-19(15)17(21)13-5-6-22-8-13/h3-8,15H,9-10H2,1-2H3,(H,18,20). The van der Waals surface area contributed by atoms with Gasteiger partial charge in [0.1, 0.15) is 12.3 Å². The van der Waals surface area contributed by atoms with Crippen LogP contribution in [0.3, 0.4) is 0 Å². The van der Waals surface area contributed by atoms with Crippen LogP contribution in [0.1, 0.15) is 21.5 Å². The lowest BCUT2D eigenvalue weighted by atomic mass is 10.1. The van der Waals surface area contributed by atoms with Crippen molar-refractivity contribution in [1.29, 1.82) is 0 Å². The molecule has 2 amide bonds. The monoisotopic (exact) mass is 330 g/mol. The molecule has 1 aromatic carbocycles. The smallest absolute Gasteiger partial charge is 0.258 e. The SMILES string of the molecule is Cc1ccc(NC(=O)C2CSCN2C(=O)c2ccoc2)c(C)c1. The molecule has 2 aromatic rings. The first-order valence-corrected chi connectivity index (χ1v) is 8.51. The summed E-state index contributed by atoms with van der Waals surface area (Å²) in [5.41, 5.74) is 3.41. The number of benzene rings is 1. The molecule has 0 bridgehead atoms. The lowest BCUT2D eigenvalue weighted by Crippen LogP contribution is -2.44. The van der Waals surface area contributed by atoms with Gasteiger partial charge in [0.25, 0.3) is 5.91 Å². The Labute approximate surface area is 139 Å². The van der Waals surface area contributed by atoms with Gasteiger partial charge in [-0.05, 0) is 31.5 Å². The Morgan fingerprint density at radius 1 is 1.30 bits per heavy atom. The topological polar surface area (TPSA) is 62.6 Å². The van der Waals surface area contributed by atoms with Crippen LogP contribution in [0.2, 0.25) is 0 Å². The molecule has 1 aromatic heterocycles. The molecule has 1 aliphatic rings. The summed E-state index contributed by atoms with van der Waals surface area (Å²) in [5.74, 6) is 0.776. The van der Waals surface area contributed by atoms with Crippen molar-refractivity contribution in [3.8, 4) is 0 Å². The van der Waals surface area contributed by atoms with Gasteiger partial charge in [0.15, 0.2) is 0 Å². The van der Waals surface area contributed by atoms with E-state index in [2.05, 4.69) is 5.32 Å². The van der Waals surface area contributed by atoms with Crippen molar-refractivity contribution in [3.63, 3.8) is 0 Å². The van der Waals surface area contributed by atoms with Crippen LogP contribution in [0, 0.1) is 13.8 Å². The van der Waals surface area contributed by atoms with Gasteiger partial charge in [0.2, 0.25) is 5.91 Å². The van der Waals surface area contributed by atoms with Crippen molar-refractivity contribution in [3.05, 3.63) is 53.5 Å². The van der Waals surface area contributed by atoms with Crippen molar-refractivity contribution in [2.45, 2.75) is 19.9 Å². The van der Waals surface area contributed by atoms with Gasteiger partial charge in [-0.25, -0.2) is 0 Å². The zero-order valence-electron chi connectivity index (χ0n) is 13.0. The van der Waals surface area contributed by atoms with Crippen LogP contribution in [0.5, 0.6) is 0 Å². The minimum atomic E-state index is -0.469. The van der Waals surface area contributed by atoms with Crippen molar-refractivity contribution in [1.82, 2.24) is 4.90 Å². The van der Waals surface area contributed by atoms with Crippen molar-refractivity contribution in [2.75, 3.05) is 16.9 Å². The van der Waals surface area contributed by atoms with Crippen molar-refractivity contribution in [2.24, 2.45) is 0 Å². The van der Waals surface area contributed by atoms with Gasteiger partial charge in [-0.1, -0.05) is 17.7 Å². The fourth-order valence-electron chi connectivity index (χ4n) is 2.58. The van der Waals surface area contributed by atoms with Gasteiger partial charge in [-0.2, -0.15) is 0 Å². The maximum atomic E-state index is 12.6. The molecule has 1 unspecified atom stereocenters. The fraction of sp³-hybridized carbons (Fsp3) is 0.294. The molecule has 1 atom stereocenters. The van der Waals surface area contributed by atoms with E-state index in [1.807, 2.05) is 32.0 Å². The molecule has 1 N–H and O–H groups in total. The van der Waals surface area contributed by atoms with Crippen LogP contribution in [-0.2, 0) is 4.79 Å². The number of nitrogens with zero attached hydrogens (tertiary/aromatic N) is 1. The Kier molecular flexibility index (Phi) is 4.43. The highest BCUT2D eigenvalue weighted by atomic mass is 32.2. The van der Waals surface area contributed by atoms with Gasteiger partial charge < -0.3 is 14.6 Å². The Morgan fingerprint density at radius 3 is 2.83 bits per heavy atom. The minimum Gasteiger partial charge on any atom is -0.472 e. The number of hydrogen-bond acceptors (Lipinski definition) is 4. The van der Waals surface area contributed by atoms with Gasteiger partial charge in [0.05, 0.1) is 17.7 Å². The molecular weight excluding hydrogens is 312 g/mol. The Bertz CT molecular complexity index is 727. The Hall–Kier alpha value is -2.21. The summed E-state index contributed by atoms with van der Waals surface area (Å²) in [6.07, 6.45) is 2.87. The van der Waals surface area contributed by atoms with Crippen LogP contribution in [-0.4, -0.2) is 34.4 Å². The largest absolute Gasteiger partial charge is 0.472 e. The molecule has 0 radical (unpaired) electrons. The van der Waals surface area contributed by atoms with E-state index >= 15 is 0 Å². The lowest BCUT2D eigenvalue weighted by Gasteiger charge is -2.23. The maximum Gasteiger partial charge on any atom is 0.258 e. The van der Waals surface area contributed by atoms with E-state index in [1.54, 1.807) is 22.7 Å². The molecule has 0 saturated carbocycles. The average molecular weight is 330 g/mol. The Balaban J connectivity index is 1.74. The van der Waals surface area contributed by atoms with Crippen LogP contribution in [0.4, 0.5) is 5.69 Å². The number of anilines is 1. The molecule has 0 spiro atoms. The van der Waals surface area contributed by atoms with Crippen LogP contribution >= 0.6 is 11.8 Å². The maximum absolute atomic E-state index is 12.6. The highest BCUT2D eigenvalue weighted by Crippen LogP contribution is 2.25. The number of carbonyl (C=O) groups is 2. The highest BCUT2D eigenvalue weighted by molar-refractivity contribution is 7.99. The summed E-state index contributed by atoms with van der Waals surface area (Å²) in [6, 6.07) is 7.02. The summed E-state index contributed by atoms with van der Waals surface area (Å²) in [5, 5.41) is 2.94.